The third-order valence-corrected chi connectivity index (χ3v) is 6.11. The normalized spacial score (nSPS) is 20.3. The molecule has 0 radical (unpaired) electrons. The molecule has 1 fully saturated rings. The molecule has 5 rings (SSSR count). The molecule has 2 unspecified atom stereocenters. The molecule has 7 nitrogen and oxygen atoms in total. The first-order valence-corrected chi connectivity index (χ1v) is 11.2. The van der Waals surface area contributed by atoms with Crippen LogP contribution in [0.25, 0.3) is 11.3 Å². The maximum Gasteiger partial charge on any atom is 0.215 e. The lowest BCUT2D eigenvalue weighted by Gasteiger charge is -2.30. The van der Waals surface area contributed by atoms with Crippen LogP contribution in [0.4, 0.5) is 0 Å². The van der Waals surface area contributed by atoms with Gasteiger partial charge in [-0.15, -0.1) is 0 Å². The van der Waals surface area contributed by atoms with E-state index in [1.54, 1.807) is 30.9 Å². The van der Waals surface area contributed by atoms with E-state index in [0.717, 1.165) is 17.0 Å². The van der Waals surface area contributed by atoms with Gasteiger partial charge in [-0.2, -0.15) is 5.10 Å². The Bertz CT molecular complexity index is 1230. The minimum Gasteiger partial charge on any atom is -0.491 e. The molecule has 0 bridgehead atoms. The summed E-state index contributed by atoms with van der Waals surface area (Å²) in [6.45, 7) is 1.09. The molecule has 2 aromatic heterocycles. The van der Waals surface area contributed by atoms with Crippen molar-refractivity contribution in [1.82, 2.24) is 19.3 Å². The number of imidazole rings is 1. The van der Waals surface area contributed by atoms with Crippen LogP contribution < -0.4 is 4.74 Å². The molecule has 0 saturated carbocycles. The predicted molar refractivity (Wildman–Crippen MR) is 125 cm³/mol. The third kappa shape index (κ3) is 4.63. The Morgan fingerprint density at radius 2 is 1.97 bits per heavy atom. The standard InChI is InChI=1S/C24H22Cl2N4O3/c1-29-23(8-9-28-29)17-2-5-19(6-3-17)31-13-20-14-32-24(33-20,15-30-11-10-27-16-30)21-7-4-18(25)12-22(21)26/h2-12,16,20H,13-15H2,1H3. The van der Waals surface area contributed by atoms with Gasteiger partial charge in [-0.05, 0) is 42.5 Å². The first-order valence-electron chi connectivity index (χ1n) is 10.5. The monoisotopic (exact) mass is 484 g/mol. The summed E-state index contributed by atoms with van der Waals surface area (Å²) in [7, 11) is 1.92. The first-order chi connectivity index (χ1) is 16.0. The van der Waals surface area contributed by atoms with E-state index in [-0.39, 0.29) is 6.10 Å². The Kier molecular flexibility index (Phi) is 6.12. The predicted octanol–water partition coefficient (Wildman–Crippen LogP) is 4.94. The van der Waals surface area contributed by atoms with Crippen molar-refractivity contribution in [3.8, 4) is 17.0 Å². The summed E-state index contributed by atoms with van der Waals surface area (Å²) in [4.78, 5) is 4.12. The van der Waals surface area contributed by atoms with Gasteiger partial charge in [0.25, 0.3) is 0 Å². The van der Waals surface area contributed by atoms with Gasteiger partial charge in [0.05, 0.1) is 30.2 Å². The lowest BCUT2D eigenvalue weighted by Crippen LogP contribution is -2.34. The molecule has 3 heterocycles. The molecular weight excluding hydrogens is 463 g/mol. The fraction of sp³-hybridized carbons (Fsp3) is 0.250. The minimum atomic E-state index is -1.07. The van der Waals surface area contributed by atoms with E-state index >= 15 is 0 Å². The minimum absolute atomic E-state index is 0.281. The Balaban J connectivity index is 1.30. The smallest absolute Gasteiger partial charge is 0.215 e. The Hall–Kier alpha value is -2.84. The molecule has 0 amide bonds. The maximum absolute atomic E-state index is 6.52. The van der Waals surface area contributed by atoms with E-state index in [2.05, 4.69) is 10.1 Å². The van der Waals surface area contributed by atoms with Crippen molar-refractivity contribution in [1.29, 1.82) is 0 Å². The van der Waals surface area contributed by atoms with E-state index in [9.17, 15) is 0 Å². The average Bonchev–Trinajstić information content (AvgIpc) is 3.55. The Morgan fingerprint density at radius 3 is 2.67 bits per heavy atom. The molecule has 2 atom stereocenters. The number of ether oxygens (including phenoxy) is 3. The summed E-state index contributed by atoms with van der Waals surface area (Å²) in [5, 5.41) is 5.24. The molecule has 170 valence electrons. The Labute approximate surface area is 201 Å². The van der Waals surface area contributed by atoms with Crippen molar-refractivity contribution in [2.75, 3.05) is 13.2 Å². The van der Waals surface area contributed by atoms with Crippen LogP contribution in [0.5, 0.6) is 5.75 Å². The number of nitrogens with zero attached hydrogens (tertiary/aromatic N) is 4. The number of benzene rings is 2. The van der Waals surface area contributed by atoms with Gasteiger partial charge in [0.15, 0.2) is 0 Å². The topological polar surface area (TPSA) is 63.3 Å². The van der Waals surface area contributed by atoms with E-state index in [0.29, 0.717) is 35.4 Å². The highest BCUT2D eigenvalue weighted by Crippen LogP contribution is 2.40. The molecule has 1 saturated heterocycles. The highest BCUT2D eigenvalue weighted by molar-refractivity contribution is 6.35. The number of rotatable bonds is 7. The van der Waals surface area contributed by atoms with Crippen LogP contribution >= 0.6 is 23.2 Å². The van der Waals surface area contributed by atoms with Crippen LogP contribution in [-0.2, 0) is 28.9 Å². The van der Waals surface area contributed by atoms with E-state index in [1.807, 2.05) is 58.9 Å². The summed E-state index contributed by atoms with van der Waals surface area (Å²) < 4.78 is 22.4. The van der Waals surface area contributed by atoms with Gasteiger partial charge < -0.3 is 18.8 Å². The molecule has 0 aliphatic carbocycles. The van der Waals surface area contributed by atoms with Gasteiger partial charge in [0.1, 0.15) is 18.5 Å². The van der Waals surface area contributed by atoms with Crippen LogP contribution in [0.3, 0.4) is 0 Å². The van der Waals surface area contributed by atoms with Gasteiger partial charge in [-0.25, -0.2) is 4.98 Å². The van der Waals surface area contributed by atoms with Crippen LogP contribution in [0.15, 0.2) is 73.4 Å². The van der Waals surface area contributed by atoms with Gasteiger partial charge in [-0.1, -0.05) is 29.3 Å². The van der Waals surface area contributed by atoms with Crippen molar-refractivity contribution in [3.05, 3.63) is 89.1 Å². The van der Waals surface area contributed by atoms with Crippen molar-refractivity contribution >= 4 is 23.2 Å². The average molecular weight is 485 g/mol. The fourth-order valence-electron chi connectivity index (χ4n) is 3.94. The van der Waals surface area contributed by atoms with Crippen LogP contribution in [0.2, 0.25) is 10.0 Å². The number of aryl methyl sites for hydroxylation is 1. The quantitative estimate of drug-likeness (QED) is 0.371. The highest BCUT2D eigenvalue weighted by atomic mass is 35.5. The van der Waals surface area contributed by atoms with Gasteiger partial charge >= 0.3 is 0 Å². The molecular formula is C24H22Cl2N4O3. The summed E-state index contributed by atoms with van der Waals surface area (Å²) in [6, 6.07) is 15.2. The molecule has 1 aliphatic rings. The van der Waals surface area contributed by atoms with Crippen molar-refractivity contribution in [2.45, 2.75) is 18.4 Å². The third-order valence-electron chi connectivity index (χ3n) is 5.56. The number of hydrogen-bond donors (Lipinski definition) is 0. The van der Waals surface area contributed by atoms with Crippen LogP contribution in [-0.4, -0.2) is 38.6 Å². The largest absolute Gasteiger partial charge is 0.491 e. The van der Waals surface area contributed by atoms with Crippen molar-refractivity contribution in [3.63, 3.8) is 0 Å². The van der Waals surface area contributed by atoms with E-state index in [4.69, 9.17) is 37.4 Å². The summed E-state index contributed by atoms with van der Waals surface area (Å²) in [6.07, 6.45) is 6.77. The van der Waals surface area contributed by atoms with Gasteiger partial charge in [-0.3, -0.25) is 4.68 Å². The molecule has 0 spiro atoms. The zero-order valence-corrected chi connectivity index (χ0v) is 19.4. The SMILES string of the molecule is Cn1nccc1-c1ccc(OCC2COC(Cn3ccnc3)(c3ccc(Cl)cc3Cl)O2)cc1. The van der Waals surface area contributed by atoms with Gasteiger partial charge in [0.2, 0.25) is 5.79 Å². The maximum atomic E-state index is 6.52. The number of halogens is 2. The molecule has 33 heavy (non-hydrogen) atoms. The highest BCUT2D eigenvalue weighted by Gasteiger charge is 2.45. The Morgan fingerprint density at radius 1 is 1.12 bits per heavy atom. The van der Waals surface area contributed by atoms with Crippen molar-refractivity contribution < 1.29 is 14.2 Å². The lowest BCUT2D eigenvalue weighted by atomic mass is 10.1. The zero-order chi connectivity index (χ0) is 22.8. The lowest BCUT2D eigenvalue weighted by molar-refractivity contribution is -0.189. The second kappa shape index (κ2) is 9.19. The number of hydrogen-bond acceptors (Lipinski definition) is 5. The van der Waals surface area contributed by atoms with E-state index < -0.39 is 5.79 Å². The zero-order valence-electron chi connectivity index (χ0n) is 17.9. The summed E-state index contributed by atoms with van der Waals surface area (Å²) >= 11 is 12.6. The molecule has 4 aromatic rings. The van der Waals surface area contributed by atoms with Crippen LogP contribution in [0.1, 0.15) is 5.56 Å². The van der Waals surface area contributed by atoms with Gasteiger partial charge in [0, 0.05) is 41.8 Å². The van der Waals surface area contributed by atoms with E-state index in [1.165, 1.54) is 0 Å². The summed E-state index contributed by atoms with van der Waals surface area (Å²) in [5.41, 5.74) is 2.82. The number of aromatic nitrogens is 4. The molecule has 1 aliphatic heterocycles. The first kappa shape index (κ1) is 22.0. The molecule has 9 heteroatoms. The second-order valence-electron chi connectivity index (χ2n) is 7.84. The molecule has 0 N–H and O–H groups in total. The summed E-state index contributed by atoms with van der Waals surface area (Å²) in [5.74, 6) is -0.319. The molecule has 2 aromatic carbocycles. The van der Waals surface area contributed by atoms with Crippen molar-refractivity contribution in [2.24, 2.45) is 7.05 Å². The fourth-order valence-corrected chi connectivity index (χ4v) is 4.50. The second-order valence-corrected chi connectivity index (χ2v) is 8.68. The van der Waals surface area contributed by atoms with Crippen LogP contribution in [0, 0.1) is 0 Å².